The molecule has 0 bridgehead atoms. The predicted molar refractivity (Wildman–Crippen MR) is 7.42 cm³/mol. The Bertz CT molecular complexity index is 8.00. The molecule has 0 saturated heterocycles. The third-order valence-electron chi connectivity index (χ3n) is 0. The van der Waals surface area contributed by atoms with Crippen molar-refractivity contribution in [2.24, 2.45) is 0 Å². The Morgan fingerprint density at radius 1 is 1.25 bits per heavy atom. The van der Waals surface area contributed by atoms with Gasteiger partial charge in [0.1, 0.15) is 0 Å². The average molecular weight is 334 g/mol. The van der Waals surface area contributed by atoms with Crippen molar-refractivity contribution in [2.45, 2.75) is 7.43 Å². The van der Waals surface area contributed by atoms with E-state index in [-0.39, 0.29) is 27.8 Å². The Kier molecular flexibility index (Phi) is 149. The number of hydrogen-bond acceptors (Lipinski definition) is 1. The Labute approximate surface area is 51.0 Å². The van der Waals surface area contributed by atoms with Crippen molar-refractivity contribution in [1.82, 2.24) is 0 Å². The van der Waals surface area contributed by atoms with Gasteiger partial charge in [-0.1, -0.05) is 7.43 Å². The second-order valence-corrected chi connectivity index (χ2v) is 0. The number of rotatable bonds is 0. The summed E-state index contributed by atoms with van der Waals surface area (Å²) in [4.78, 5) is 0. The molecule has 34 valence electrons. The predicted octanol–water partition coefficient (Wildman–Crippen LogP) is 0.512. The average Bonchev–Trinajstić information content (AvgIpc) is 1.00. The Morgan fingerprint density at radius 3 is 1.25 bits per heavy atom. The Morgan fingerprint density at radius 2 is 1.25 bits per heavy atom. The minimum Gasteiger partial charge on any atom is 0 e. The van der Waals surface area contributed by atoms with Gasteiger partial charge in [-0.2, -0.15) is 0 Å². The molecule has 0 spiro atoms. The van der Waals surface area contributed by atoms with E-state index in [1.165, 1.54) is 0 Å². The minimum atomic E-state index is 0. The first kappa shape index (κ1) is 19.2. The van der Waals surface area contributed by atoms with Crippen LogP contribution in [0.3, 0.4) is 0 Å². The third kappa shape index (κ3) is 11.0. The van der Waals surface area contributed by atoms with Crippen LogP contribution in [0.25, 0.3) is 0 Å². The zero-order chi connectivity index (χ0) is 2.00. The first-order valence-corrected chi connectivity index (χ1v) is 1.06. The van der Waals surface area contributed by atoms with Crippen molar-refractivity contribution in [3.05, 3.63) is 0 Å². The van der Waals surface area contributed by atoms with Crippen LogP contribution in [0.5, 0.6) is 0 Å². The van der Waals surface area contributed by atoms with Crippen LogP contribution in [-0.2, 0) is 43.6 Å². The van der Waals surface area contributed by atoms with E-state index >= 15 is 0 Å². The van der Waals surface area contributed by atoms with Gasteiger partial charge in [0.05, 0.1) is 0 Å². The zero-order valence-corrected chi connectivity index (χ0v) is 4.87. The van der Waals surface area contributed by atoms with Gasteiger partial charge in [0, 0.05) is 20.4 Å². The van der Waals surface area contributed by atoms with Crippen LogP contribution in [0.1, 0.15) is 7.43 Å². The molecule has 0 N–H and O–H groups in total. The standard InChI is InChI=1S/CH4.O.Pd.Pt/h1H4;;;. The molecule has 0 unspecified atom stereocenters. The molecule has 0 aliphatic rings. The van der Waals surface area contributed by atoms with E-state index in [1.807, 2.05) is 0 Å². The van der Waals surface area contributed by atoms with E-state index in [1.54, 1.807) is 0 Å². The summed E-state index contributed by atoms with van der Waals surface area (Å²) in [6.45, 7) is 0. The van der Waals surface area contributed by atoms with E-state index < -0.39 is 0 Å². The molecule has 0 atom stereocenters. The van der Waals surface area contributed by atoms with E-state index in [0.29, 0.717) is 0 Å². The quantitative estimate of drug-likeness (QED) is 0.591. The summed E-state index contributed by atoms with van der Waals surface area (Å²) in [5.41, 5.74) is 0. The zero-order valence-electron chi connectivity index (χ0n) is 1.04. The van der Waals surface area contributed by atoms with Crippen LogP contribution < -0.4 is 0 Å². The molecule has 1 nitrogen and oxygen atoms in total. The summed E-state index contributed by atoms with van der Waals surface area (Å²) >= 11 is 0.889. The first-order chi connectivity index (χ1) is 1.00. The summed E-state index contributed by atoms with van der Waals surface area (Å²) in [5, 5.41) is 0. The molecule has 0 aromatic carbocycles. The summed E-state index contributed by atoms with van der Waals surface area (Å²) in [6.07, 6.45) is 0. The van der Waals surface area contributed by atoms with Crippen LogP contribution in [0.2, 0.25) is 0 Å². The fraction of sp³-hybridized carbons (Fsp3) is 1.00. The van der Waals surface area contributed by atoms with Crippen LogP contribution in [-0.4, -0.2) is 0 Å². The smallest absolute Gasteiger partial charge is 0 e. The van der Waals surface area contributed by atoms with Gasteiger partial charge >= 0.3 is 23.2 Å². The van der Waals surface area contributed by atoms with Crippen molar-refractivity contribution in [2.75, 3.05) is 0 Å². The maximum atomic E-state index is 8.22. The van der Waals surface area contributed by atoms with E-state index in [9.17, 15) is 0 Å². The summed E-state index contributed by atoms with van der Waals surface area (Å²) < 4.78 is 8.22. The maximum absolute atomic E-state index is 8.22. The molecule has 3 heteroatoms. The minimum absolute atomic E-state index is 0. The molecule has 0 fully saturated rings. The first-order valence-electron chi connectivity index (χ1n) is 0.129. The van der Waals surface area contributed by atoms with E-state index in [4.69, 9.17) is 3.40 Å². The van der Waals surface area contributed by atoms with Crippen molar-refractivity contribution < 1.29 is 43.6 Å². The van der Waals surface area contributed by atoms with Gasteiger partial charge < -0.3 is 0 Å². The monoisotopic (exact) mass is 333 g/mol. The molecule has 0 saturated carbocycles. The molecular weight excluding hydrogens is 330 g/mol. The van der Waals surface area contributed by atoms with Crippen molar-refractivity contribution >= 4 is 0 Å². The van der Waals surface area contributed by atoms with Crippen LogP contribution in [0, 0.1) is 0 Å². The summed E-state index contributed by atoms with van der Waals surface area (Å²) in [5.74, 6) is 0. The fourth-order valence-corrected chi connectivity index (χ4v) is 0. The molecule has 0 aromatic rings. The largest absolute Gasteiger partial charge is 0 e. The molecule has 0 amide bonds. The van der Waals surface area contributed by atoms with Gasteiger partial charge in [0.15, 0.2) is 0 Å². The normalized spacial score (nSPS) is 1.50. The molecule has 0 aliphatic heterocycles. The summed E-state index contributed by atoms with van der Waals surface area (Å²) in [6, 6.07) is 0. The molecule has 0 radical (unpaired) electrons. The molecule has 0 heterocycles. The molecule has 0 aliphatic carbocycles. The second kappa shape index (κ2) is 31.1. The van der Waals surface area contributed by atoms with Gasteiger partial charge in [0.25, 0.3) is 0 Å². The molecular formula is CH4OPdPt. The Hall–Kier alpha value is 1.15. The number of hydrogen-bond donors (Lipinski definition) is 0. The van der Waals surface area contributed by atoms with Gasteiger partial charge in [-0.3, -0.25) is 0 Å². The SMILES string of the molecule is C.[O]=[Pt].[Pd]. The van der Waals surface area contributed by atoms with Gasteiger partial charge in [-0.05, 0) is 0 Å². The van der Waals surface area contributed by atoms with Crippen molar-refractivity contribution in [1.29, 1.82) is 0 Å². The molecule has 0 aromatic heterocycles. The molecule has 4 heavy (non-hydrogen) atoms. The topological polar surface area (TPSA) is 17.1 Å². The van der Waals surface area contributed by atoms with E-state index in [0.717, 1.165) is 19.8 Å². The third-order valence-corrected chi connectivity index (χ3v) is 0. The second-order valence-electron chi connectivity index (χ2n) is 0. The van der Waals surface area contributed by atoms with Crippen molar-refractivity contribution in [3.63, 3.8) is 0 Å². The van der Waals surface area contributed by atoms with E-state index in [2.05, 4.69) is 0 Å². The summed E-state index contributed by atoms with van der Waals surface area (Å²) in [7, 11) is 0. The Balaban J connectivity index is -0.00000000500. The fourth-order valence-electron chi connectivity index (χ4n) is 0. The van der Waals surface area contributed by atoms with Gasteiger partial charge in [-0.25, -0.2) is 0 Å². The van der Waals surface area contributed by atoms with Crippen molar-refractivity contribution in [3.8, 4) is 0 Å². The van der Waals surface area contributed by atoms with Gasteiger partial charge in [-0.15, -0.1) is 0 Å². The van der Waals surface area contributed by atoms with Crippen LogP contribution in [0.4, 0.5) is 0 Å². The molecule has 0 rings (SSSR count). The van der Waals surface area contributed by atoms with Gasteiger partial charge in [0.2, 0.25) is 0 Å². The van der Waals surface area contributed by atoms with Crippen LogP contribution in [0.15, 0.2) is 0 Å². The maximum Gasteiger partial charge on any atom is 0 e. The van der Waals surface area contributed by atoms with Crippen LogP contribution >= 0.6 is 0 Å².